The van der Waals surface area contributed by atoms with Gasteiger partial charge < -0.3 is 0 Å². The molecule has 0 bridgehead atoms. The Balaban J connectivity index is 1.27. The van der Waals surface area contributed by atoms with E-state index in [2.05, 4.69) is 146 Å². The van der Waals surface area contributed by atoms with Crippen LogP contribution in [0.4, 0.5) is 0 Å². The minimum Gasteiger partial charge on any atom is -0.135 e. The summed E-state index contributed by atoms with van der Waals surface area (Å²) in [5, 5.41) is 13.2. The topological polar surface area (TPSA) is 0 Å². The molecule has 8 aromatic carbocycles. The normalized spacial score (nSPS) is 12.1. The van der Waals surface area contributed by atoms with E-state index >= 15 is 0 Å². The predicted molar refractivity (Wildman–Crippen MR) is 196 cm³/mol. The summed E-state index contributed by atoms with van der Waals surface area (Å²) in [7, 11) is 0. The van der Waals surface area contributed by atoms with Gasteiger partial charge in [0.1, 0.15) is 0 Å². The van der Waals surface area contributed by atoms with E-state index in [-0.39, 0.29) is 0 Å². The van der Waals surface area contributed by atoms with Crippen LogP contribution in [0.3, 0.4) is 0 Å². The Morgan fingerprint density at radius 3 is 1.14 bits per heavy atom. The Hall–Kier alpha value is -5.02. The van der Waals surface area contributed by atoms with Gasteiger partial charge in [0.05, 0.1) is 0 Å². The van der Waals surface area contributed by atoms with Gasteiger partial charge in [-0.15, -0.1) is 22.7 Å². The van der Waals surface area contributed by atoms with Gasteiger partial charge in [-0.1, -0.05) is 121 Å². The molecule has 0 atom stereocenters. The van der Waals surface area contributed by atoms with E-state index in [1.165, 1.54) is 94.9 Å². The van der Waals surface area contributed by atoms with E-state index in [0.29, 0.717) is 0 Å². The van der Waals surface area contributed by atoms with Crippen molar-refractivity contribution in [2.75, 3.05) is 0 Å². The van der Waals surface area contributed by atoms with Gasteiger partial charge in [-0.25, -0.2) is 0 Å². The van der Waals surface area contributed by atoms with Gasteiger partial charge in [-0.3, -0.25) is 0 Å². The lowest BCUT2D eigenvalue weighted by molar-refractivity contribution is 1.71. The third-order valence-corrected chi connectivity index (χ3v) is 11.7. The van der Waals surface area contributed by atoms with Gasteiger partial charge in [-0.2, -0.15) is 0 Å². The van der Waals surface area contributed by atoms with Gasteiger partial charge in [0.25, 0.3) is 0 Å². The van der Waals surface area contributed by atoms with Gasteiger partial charge in [0, 0.05) is 40.3 Å². The number of rotatable bonds is 2. The first-order valence-electron chi connectivity index (χ1n) is 15.0. The van der Waals surface area contributed by atoms with E-state index < -0.39 is 0 Å². The average molecular weight is 593 g/mol. The summed E-state index contributed by atoms with van der Waals surface area (Å²) < 4.78 is 5.39. The largest absolute Gasteiger partial charge is 0.135 e. The van der Waals surface area contributed by atoms with Crippen molar-refractivity contribution in [2.45, 2.75) is 0 Å². The summed E-state index contributed by atoms with van der Waals surface area (Å²) >= 11 is 3.80. The van der Waals surface area contributed by atoms with Crippen molar-refractivity contribution in [3.8, 4) is 22.3 Å². The summed E-state index contributed by atoms with van der Waals surface area (Å²) in [5.74, 6) is 0. The second-order valence-corrected chi connectivity index (χ2v) is 13.7. The molecule has 2 heteroatoms. The predicted octanol–water partition coefficient (Wildman–Crippen LogP) is 13.2. The Morgan fingerprint density at radius 1 is 0.273 bits per heavy atom. The summed E-state index contributed by atoms with van der Waals surface area (Å²) in [5.41, 5.74) is 5.14. The van der Waals surface area contributed by atoms with Crippen LogP contribution in [0.1, 0.15) is 0 Å². The van der Waals surface area contributed by atoms with Crippen LogP contribution in [0.5, 0.6) is 0 Å². The van der Waals surface area contributed by atoms with Crippen LogP contribution in [-0.4, -0.2) is 0 Å². The Kier molecular flexibility index (Phi) is 5.13. The molecule has 204 valence electrons. The summed E-state index contributed by atoms with van der Waals surface area (Å²) in [6.45, 7) is 0. The van der Waals surface area contributed by atoms with Crippen LogP contribution in [0.2, 0.25) is 0 Å². The summed E-state index contributed by atoms with van der Waals surface area (Å²) in [6.07, 6.45) is 0. The highest BCUT2D eigenvalue weighted by Crippen LogP contribution is 2.44. The Bertz CT molecular complexity index is 2580. The number of fused-ring (bicyclic) bond motifs is 12. The minimum atomic E-state index is 1.27. The molecular formula is C42H24S2. The maximum absolute atomic E-state index is 2.44. The van der Waals surface area contributed by atoms with Crippen molar-refractivity contribution in [1.82, 2.24) is 0 Å². The molecule has 10 rings (SSSR count). The van der Waals surface area contributed by atoms with Crippen LogP contribution in [0.25, 0.3) is 94.9 Å². The van der Waals surface area contributed by atoms with Gasteiger partial charge in [0.2, 0.25) is 0 Å². The first-order chi connectivity index (χ1) is 21.8. The van der Waals surface area contributed by atoms with Gasteiger partial charge >= 0.3 is 0 Å². The molecule has 2 heterocycles. The summed E-state index contributed by atoms with van der Waals surface area (Å²) in [6, 6.07) is 54.1. The van der Waals surface area contributed by atoms with Crippen LogP contribution < -0.4 is 0 Å². The first-order valence-corrected chi connectivity index (χ1v) is 16.6. The second kappa shape index (κ2) is 9.24. The van der Waals surface area contributed by atoms with Crippen molar-refractivity contribution in [3.63, 3.8) is 0 Å². The molecule has 2 aromatic heterocycles. The molecule has 0 N–H and O–H groups in total. The lowest BCUT2D eigenvalue weighted by Gasteiger charge is -2.14. The molecule has 44 heavy (non-hydrogen) atoms. The zero-order chi connectivity index (χ0) is 28.8. The molecule has 0 unspecified atom stereocenters. The molecule has 0 nitrogen and oxygen atoms in total. The highest BCUT2D eigenvalue weighted by Gasteiger charge is 2.15. The van der Waals surface area contributed by atoms with Crippen LogP contribution in [-0.2, 0) is 0 Å². The lowest BCUT2D eigenvalue weighted by atomic mass is 9.90. The number of benzene rings is 8. The molecule has 0 aliphatic heterocycles. The van der Waals surface area contributed by atoms with Crippen molar-refractivity contribution in [2.24, 2.45) is 0 Å². The second-order valence-electron chi connectivity index (χ2n) is 11.6. The molecule has 0 spiro atoms. The fraction of sp³-hybridized carbons (Fsp3) is 0. The smallest absolute Gasteiger partial charge is 0.0433 e. The molecule has 0 aliphatic carbocycles. The van der Waals surface area contributed by atoms with E-state index in [9.17, 15) is 0 Å². The Labute approximate surface area is 262 Å². The molecule has 0 saturated carbocycles. The monoisotopic (exact) mass is 592 g/mol. The minimum absolute atomic E-state index is 1.27. The molecule has 0 amide bonds. The zero-order valence-electron chi connectivity index (χ0n) is 23.7. The van der Waals surface area contributed by atoms with Crippen molar-refractivity contribution < 1.29 is 0 Å². The van der Waals surface area contributed by atoms with E-state index in [1.54, 1.807) is 0 Å². The number of hydrogen-bond donors (Lipinski definition) is 0. The van der Waals surface area contributed by atoms with Gasteiger partial charge in [0.15, 0.2) is 0 Å². The third kappa shape index (κ3) is 3.44. The van der Waals surface area contributed by atoms with E-state index in [0.717, 1.165) is 0 Å². The Morgan fingerprint density at radius 2 is 0.659 bits per heavy atom. The SMILES string of the molecule is c1ccc2c(c1)sc1c(-c3ccc4c5ccccc5c5ccc(-c6cccc7c6sc6ccccc67)cc5c4c3)cccc12. The zero-order valence-corrected chi connectivity index (χ0v) is 25.3. The van der Waals surface area contributed by atoms with Crippen molar-refractivity contribution in [3.05, 3.63) is 146 Å². The average Bonchev–Trinajstić information content (AvgIpc) is 3.67. The van der Waals surface area contributed by atoms with Crippen LogP contribution >= 0.6 is 22.7 Å². The molecule has 0 radical (unpaired) electrons. The van der Waals surface area contributed by atoms with E-state index in [1.807, 2.05) is 22.7 Å². The van der Waals surface area contributed by atoms with Crippen LogP contribution in [0, 0.1) is 0 Å². The molecule has 0 aliphatic rings. The van der Waals surface area contributed by atoms with Crippen molar-refractivity contribution in [1.29, 1.82) is 0 Å². The molecule has 0 fully saturated rings. The van der Waals surface area contributed by atoms with E-state index in [4.69, 9.17) is 0 Å². The highest BCUT2D eigenvalue weighted by atomic mass is 32.1. The standard InChI is InChI=1S/C42H24S2/c1-2-10-30-29(9-1)31-21-19-25(27-13-7-15-35-33-11-3-5-17-39(33)43-41(27)35)23-37(31)38-24-26(20-22-32(30)38)28-14-8-16-36-34-12-4-6-18-40(34)44-42(28)36/h1-24H. The molecule has 10 aromatic rings. The lowest BCUT2D eigenvalue weighted by Crippen LogP contribution is -1.87. The summed E-state index contributed by atoms with van der Waals surface area (Å²) in [4.78, 5) is 0. The maximum Gasteiger partial charge on any atom is 0.0433 e. The first kappa shape index (κ1) is 24.4. The van der Waals surface area contributed by atoms with Crippen LogP contribution in [0.15, 0.2) is 146 Å². The molecular weight excluding hydrogens is 569 g/mol. The molecule has 0 saturated heterocycles. The van der Waals surface area contributed by atoms with Gasteiger partial charge in [-0.05, 0) is 78.8 Å². The third-order valence-electron chi connectivity index (χ3n) is 9.27. The fourth-order valence-electron chi connectivity index (χ4n) is 7.24. The highest BCUT2D eigenvalue weighted by molar-refractivity contribution is 7.26. The number of thiophene rings is 2. The maximum atomic E-state index is 2.44. The quantitative estimate of drug-likeness (QED) is 0.175. The number of hydrogen-bond acceptors (Lipinski definition) is 2. The fourth-order valence-corrected chi connectivity index (χ4v) is 9.72. The van der Waals surface area contributed by atoms with Crippen molar-refractivity contribution >= 4 is 95.3 Å².